The van der Waals surface area contributed by atoms with Gasteiger partial charge in [-0.15, -0.1) is 11.3 Å². The second-order valence-corrected chi connectivity index (χ2v) is 5.17. The maximum atomic E-state index is 13.4. The van der Waals surface area contributed by atoms with Gasteiger partial charge in [-0.25, -0.2) is 8.78 Å². The Morgan fingerprint density at radius 2 is 1.95 bits per heavy atom. The van der Waals surface area contributed by atoms with E-state index >= 15 is 0 Å². The summed E-state index contributed by atoms with van der Waals surface area (Å²) in [7, 11) is 0. The van der Waals surface area contributed by atoms with E-state index in [-0.39, 0.29) is 13.2 Å². The third kappa shape index (κ3) is 3.88. The normalized spacial score (nSPS) is 9.86. The van der Waals surface area contributed by atoms with E-state index < -0.39 is 23.1 Å². The zero-order valence-electron chi connectivity index (χ0n) is 10.8. The number of carbonyl (C=O) groups excluding carboxylic acids is 1. The average molecular weight is 307 g/mol. The highest BCUT2D eigenvalue weighted by Crippen LogP contribution is 2.16. The topological polar surface area (TPSA) is 49.3 Å². The minimum absolute atomic E-state index is 0.151. The molecule has 0 fully saturated rings. The fourth-order valence-electron chi connectivity index (χ4n) is 1.64. The Kier molecular flexibility index (Phi) is 5.04. The summed E-state index contributed by atoms with van der Waals surface area (Å²) in [6.07, 6.45) is 0. The van der Waals surface area contributed by atoms with Gasteiger partial charge in [-0.3, -0.25) is 4.79 Å². The predicted octanol–water partition coefficient (Wildman–Crippen LogP) is 2.30. The summed E-state index contributed by atoms with van der Waals surface area (Å²) in [6.45, 7) is -0.0748. The lowest BCUT2D eigenvalue weighted by molar-refractivity contribution is 0.0943. The minimum Gasteiger partial charge on any atom is -0.384 e. The monoisotopic (exact) mass is 307 g/mol. The molecular formula is C15H11F2NO2S. The van der Waals surface area contributed by atoms with Crippen LogP contribution in [0.1, 0.15) is 20.1 Å². The summed E-state index contributed by atoms with van der Waals surface area (Å²) < 4.78 is 26.9. The Labute approximate surface area is 124 Å². The van der Waals surface area contributed by atoms with Crippen LogP contribution < -0.4 is 5.32 Å². The molecule has 1 aromatic heterocycles. The van der Waals surface area contributed by atoms with E-state index in [1.54, 1.807) is 12.1 Å². The molecule has 0 unspecified atom stereocenters. The Balaban J connectivity index is 2.03. The first-order chi connectivity index (χ1) is 10.1. The van der Waals surface area contributed by atoms with Crippen LogP contribution in [0, 0.1) is 23.5 Å². The number of hydrogen-bond donors (Lipinski definition) is 2. The molecule has 2 aromatic rings. The Hall–Kier alpha value is -2.23. The van der Waals surface area contributed by atoms with Crippen molar-refractivity contribution in [1.29, 1.82) is 0 Å². The van der Waals surface area contributed by atoms with Crippen LogP contribution in [0.2, 0.25) is 0 Å². The van der Waals surface area contributed by atoms with Gasteiger partial charge in [0, 0.05) is 4.88 Å². The number of nitrogens with one attached hydrogen (secondary N) is 1. The molecule has 1 amide bonds. The minimum atomic E-state index is -0.895. The summed E-state index contributed by atoms with van der Waals surface area (Å²) >= 11 is 1.33. The number of benzene rings is 1. The molecule has 0 aliphatic rings. The van der Waals surface area contributed by atoms with Crippen LogP contribution in [-0.2, 0) is 6.54 Å². The summed E-state index contributed by atoms with van der Waals surface area (Å²) in [5.41, 5.74) is -0.589. The number of aliphatic hydroxyl groups excluding tert-OH is 1. The Morgan fingerprint density at radius 1 is 1.24 bits per heavy atom. The number of carbonyl (C=O) groups is 1. The van der Waals surface area contributed by atoms with Gasteiger partial charge in [-0.05, 0) is 24.3 Å². The van der Waals surface area contributed by atoms with Crippen molar-refractivity contribution in [2.24, 2.45) is 0 Å². The predicted molar refractivity (Wildman–Crippen MR) is 75.8 cm³/mol. The molecule has 1 aromatic carbocycles. The standard InChI is InChI=1S/C15H11F2NO2S/c16-12-4-1-5-13(17)14(12)15(20)18-9-11-7-6-10(21-11)3-2-8-19/h1,4-7,19H,8-9H2,(H,18,20). The third-order valence-corrected chi connectivity index (χ3v) is 3.57. The molecule has 6 heteroatoms. The molecule has 1 heterocycles. The van der Waals surface area contributed by atoms with Gasteiger partial charge in [0.25, 0.3) is 5.91 Å². The van der Waals surface area contributed by atoms with E-state index in [1.165, 1.54) is 17.4 Å². The summed E-state index contributed by atoms with van der Waals surface area (Å²) in [5, 5.41) is 11.1. The molecule has 0 saturated carbocycles. The molecule has 21 heavy (non-hydrogen) atoms. The number of hydrogen-bond acceptors (Lipinski definition) is 3. The molecule has 108 valence electrons. The maximum Gasteiger partial charge on any atom is 0.257 e. The van der Waals surface area contributed by atoms with Crippen LogP contribution in [0.5, 0.6) is 0 Å². The molecule has 2 rings (SSSR count). The molecule has 0 radical (unpaired) electrons. The first-order valence-electron chi connectivity index (χ1n) is 6.02. The van der Waals surface area contributed by atoms with Crippen molar-refractivity contribution in [2.45, 2.75) is 6.54 Å². The first-order valence-corrected chi connectivity index (χ1v) is 6.84. The van der Waals surface area contributed by atoms with Crippen LogP contribution in [0.25, 0.3) is 0 Å². The lowest BCUT2D eigenvalue weighted by Crippen LogP contribution is -2.24. The lowest BCUT2D eigenvalue weighted by Gasteiger charge is -2.05. The fourth-order valence-corrected chi connectivity index (χ4v) is 2.46. The summed E-state index contributed by atoms with van der Waals surface area (Å²) in [4.78, 5) is 13.3. The van der Waals surface area contributed by atoms with E-state index in [0.29, 0.717) is 0 Å². The van der Waals surface area contributed by atoms with Crippen LogP contribution in [0.3, 0.4) is 0 Å². The van der Waals surface area contributed by atoms with Crippen molar-refractivity contribution in [3.05, 3.63) is 57.3 Å². The van der Waals surface area contributed by atoms with Crippen LogP contribution in [-0.4, -0.2) is 17.6 Å². The Morgan fingerprint density at radius 3 is 2.62 bits per heavy atom. The smallest absolute Gasteiger partial charge is 0.257 e. The molecule has 0 aliphatic heterocycles. The quantitative estimate of drug-likeness (QED) is 0.855. The highest BCUT2D eigenvalue weighted by molar-refractivity contribution is 7.12. The van der Waals surface area contributed by atoms with Gasteiger partial charge in [0.2, 0.25) is 0 Å². The summed E-state index contributed by atoms with van der Waals surface area (Å²) in [5.74, 6) is 2.66. The highest BCUT2D eigenvalue weighted by atomic mass is 32.1. The third-order valence-electron chi connectivity index (χ3n) is 2.57. The largest absolute Gasteiger partial charge is 0.384 e. The maximum absolute atomic E-state index is 13.4. The number of thiophene rings is 1. The SMILES string of the molecule is O=C(NCc1ccc(C#CCO)s1)c1c(F)cccc1F. The molecule has 0 atom stereocenters. The number of halogens is 2. The van der Waals surface area contributed by atoms with E-state index in [4.69, 9.17) is 5.11 Å². The molecule has 3 nitrogen and oxygen atoms in total. The molecule has 0 aliphatic carbocycles. The van der Waals surface area contributed by atoms with Gasteiger partial charge in [0.05, 0.1) is 11.4 Å². The van der Waals surface area contributed by atoms with Crippen LogP contribution in [0.4, 0.5) is 8.78 Å². The van der Waals surface area contributed by atoms with E-state index in [9.17, 15) is 13.6 Å². The molecule has 2 N–H and O–H groups in total. The highest BCUT2D eigenvalue weighted by Gasteiger charge is 2.16. The van der Waals surface area contributed by atoms with E-state index in [0.717, 1.165) is 21.9 Å². The van der Waals surface area contributed by atoms with Gasteiger partial charge in [0.1, 0.15) is 23.8 Å². The molecule has 0 spiro atoms. The molecular weight excluding hydrogens is 296 g/mol. The van der Waals surface area contributed by atoms with E-state index in [1.807, 2.05) is 0 Å². The van der Waals surface area contributed by atoms with Crippen molar-refractivity contribution in [1.82, 2.24) is 5.32 Å². The lowest BCUT2D eigenvalue weighted by atomic mass is 10.2. The average Bonchev–Trinajstić information content (AvgIpc) is 2.90. The number of rotatable bonds is 3. The molecule has 0 saturated heterocycles. The number of amides is 1. The van der Waals surface area contributed by atoms with Gasteiger partial charge in [0.15, 0.2) is 0 Å². The van der Waals surface area contributed by atoms with Gasteiger partial charge in [-0.1, -0.05) is 17.9 Å². The van der Waals surface area contributed by atoms with Crippen molar-refractivity contribution >= 4 is 17.2 Å². The van der Waals surface area contributed by atoms with Crippen LogP contribution in [0.15, 0.2) is 30.3 Å². The first kappa shape index (κ1) is 15.2. The number of aliphatic hydroxyl groups is 1. The van der Waals surface area contributed by atoms with Crippen molar-refractivity contribution in [2.75, 3.05) is 6.61 Å². The zero-order valence-corrected chi connectivity index (χ0v) is 11.6. The van der Waals surface area contributed by atoms with Gasteiger partial charge in [-0.2, -0.15) is 0 Å². The van der Waals surface area contributed by atoms with E-state index in [2.05, 4.69) is 17.2 Å². The summed E-state index contributed by atoms with van der Waals surface area (Å²) in [6, 6.07) is 6.77. The van der Waals surface area contributed by atoms with Crippen molar-refractivity contribution < 1.29 is 18.7 Å². The fraction of sp³-hybridized carbons (Fsp3) is 0.133. The molecule has 0 bridgehead atoms. The Bertz CT molecular complexity index is 696. The zero-order chi connectivity index (χ0) is 15.2. The van der Waals surface area contributed by atoms with Crippen molar-refractivity contribution in [3.8, 4) is 11.8 Å². The second kappa shape index (κ2) is 6.97. The van der Waals surface area contributed by atoms with Gasteiger partial charge < -0.3 is 10.4 Å². The van der Waals surface area contributed by atoms with Crippen LogP contribution >= 0.6 is 11.3 Å². The second-order valence-electron chi connectivity index (χ2n) is 4.01. The van der Waals surface area contributed by atoms with Gasteiger partial charge >= 0.3 is 0 Å². The van der Waals surface area contributed by atoms with Crippen molar-refractivity contribution in [3.63, 3.8) is 0 Å².